The van der Waals surface area contributed by atoms with Gasteiger partial charge in [0.25, 0.3) is 5.69 Å². The van der Waals surface area contributed by atoms with Crippen molar-refractivity contribution >= 4 is 22.3 Å². The molecule has 0 aliphatic carbocycles. The zero-order chi connectivity index (χ0) is 13.1. The number of ether oxygens (including phenoxy) is 1. The normalized spacial score (nSPS) is 9.83. The van der Waals surface area contributed by atoms with Gasteiger partial charge in [-0.15, -0.1) is 0 Å². The number of hydrogen-bond acceptors (Lipinski definition) is 5. The molecule has 0 radical (unpaired) electrons. The minimum absolute atomic E-state index is 0.0635. The van der Waals surface area contributed by atoms with Crippen molar-refractivity contribution in [3.63, 3.8) is 0 Å². The van der Waals surface area contributed by atoms with Crippen LogP contribution in [0.1, 0.15) is 0 Å². The number of benzene rings is 1. The summed E-state index contributed by atoms with van der Waals surface area (Å²) in [6.07, 6.45) is 1.07. The molecule has 1 aromatic heterocycles. The maximum atomic E-state index is 10.8. The average molecular weight is 245 g/mol. The first-order valence-electron chi connectivity index (χ1n) is 4.83. The predicted octanol–water partition coefficient (Wildman–Crippen LogP) is 3.09. The highest BCUT2D eigenvalue weighted by Crippen LogP contribution is 2.35. The van der Waals surface area contributed by atoms with Crippen LogP contribution in [-0.2, 0) is 0 Å². The van der Waals surface area contributed by atoms with Crippen LogP contribution in [0.25, 0.3) is 21.3 Å². The van der Waals surface area contributed by atoms with E-state index in [0.29, 0.717) is 16.7 Å². The van der Waals surface area contributed by atoms with Gasteiger partial charge in [-0.1, -0.05) is 5.11 Å². The van der Waals surface area contributed by atoms with Crippen LogP contribution < -0.4 is 4.74 Å². The summed E-state index contributed by atoms with van der Waals surface area (Å²) >= 11 is 0. The van der Waals surface area contributed by atoms with Crippen LogP contribution in [0.2, 0.25) is 0 Å². The fraction of sp³-hybridized carbons (Fsp3) is 0.100. The first kappa shape index (κ1) is 11.6. The second kappa shape index (κ2) is 4.56. The summed E-state index contributed by atoms with van der Waals surface area (Å²) in [5.74, 6) is 0.499. The van der Waals surface area contributed by atoms with E-state index >= 15 is 0 Å². The lowest BCUT2D eigenvalue weighted by Gasteiger charge is -2.04. The van der Waals surface area contributed by atoms with Crippen molar-refractivity contribution < 1.29 is 9.66 Å². The third-order valence-electron chi connectivity index (χ3n) is 2.37. The van der Waals surface area contributed by atoms with Crippen molar-refractivity contribution in [3.05, 3.63) is 45.0 Å². The molecule has 18 heavy (non-hydrogen) atoms. The highest BCUT2D eigenvalue weighted by Gasteiger charge is 2.17. The smallest absolute Gasteiger partial charge is 0.297 e. The summed E-state index contributed by atoms with van der Waals surface area (Å²) in [5.41, 5.74) is 8.58. The molecule has 2 aromatic rings. The standard InChI is InChI=1S/C10H7N5O3/c1-18-6-2-3-8-7(4-6)10(13-14-11)9(5-12-8)15(16)17/h2-5H,1H3. The Bertz CT molecular complexity index is 679. The number of pyridine rings is 1. The Morgan fingerprint density at radius 3 is 2.94 bits per heavy atom. The van der Waals surface area contributed by atoms with Gasteiger partial charge in [0.2, 0.25) is 0 Å². The third kappa shape index (κ3) is 1.87. The molecular formula is C10H7N5O3. The Balaban J connectivity index is 2.86. The van der Waals surface area contributed by atoms with Crippen molar-refractivity contribution in [2.75, 3.05) is 7.11 Å². The molecule has 0 bridgehead atoms. The number of aromatic nitrogens is 1. The van der Waals surface area contributed by atoms with Crippen LogP contribution in [0.5, 0.6) is 5.75 Å². The number of methoxy groups -OCH3 is 1. The molecule has 0 aliphatic rings. The van der Waals surface area contributed by atoms with Gasteiger partial charge in [0.15, 0.2) is 0 Å². The SMILES string of the molecule is COc1ccc2ncc([N+](=O)[O-])c(N=[N+]=[N-])c2c1. The van der Waals surface area contributed by atoms with Gasteiger partial charge in [-0.25, -0.2) is 4.98 Å². The van der Waals surface area contributed by atoms with E-state index in [1.807, 2.05) is 0 Å². The molecule has 0 saturated carbocycles. The lowest BCUT2D eigenvalue weighted by molar-refractivity contribution is -0.384. The number of hydrogen-bond donors (Lipinski definition) is 0. The Morgan fingerprint density at radius 1 is 1.56 bits per heavy atom. The van der Waals surface area contributed by atoms with E-state index in [0.717, 1.165) is 6.20 Å². The van der Waals surface area contributed by atoms with E-state index in [1.165, 1.54) is 7.11 Å². The van der Waals surface area contributed by atoms with E-state index in [4.69, 9.17) is 10.3 Å². The van der Waals surface area contributed by atoms with Gasteiger partial charge in [-0.3, -0.25) is 10.1 Å². The summed E-state index contributed by atoms with van der Waals surface area (Å²) in [5, 5.41) is 14.6. The Hall–Kier alpha value is -2.86. The quantitative estimate of drug-likeness (QED) is 0.271. The zero-order valence-corrected chi connectivity index (χ0v) is 9.27. The summed E-state index contributed by atoms with van der Waals surface area (Å²) in [7, 11) is 1.47. The van der Waals surface area contributed by atoms with Gasteiger partial charge in [-0.2, -0.15) is 0 Å². The minimum atomic E-state index is -0.643. The summed E-state index contributed by atoms with van der Waals surface area (Å²) in [4.78, 5) is 16.7. The molecule has 1 aromatic carbocycles. The first-order chi connectivity index (χ1) is 8.67. The third-order valence-corrected chi connectivity index (χ3v) is 2.37. The average Bonchev–Trinajstić information content (AvgIpc) is 2.38. The van der Waals surface area contributed by atoms with E-state index < -0.39 is 4.92 Å². The summed E-state index contributed by atoms with van der Waals surface area (Å²) in [6, 6.07) is 4.84. The van der Waals surface area contributed by atoms with E-state index in [9.17, 15) is 10.1 Å². The number of fused-ring (bicyclic) bond motifs is 1. The Labute approximate surface area is 101 Å². The van der Waals surface area contributed by atoms with Crippen molar-refractivity contribution in [2.24, 2.45) is 5.11 Å². The maximum Gasteiger partial charge on any atom is 0.297 e. The fourth-order valence-electron chi connectivity index (χ4n) is 1.56. The van der Waals surface area contributed by atoms with Gasteiger partial charge in [0.05, 0.1) is 17.5 Å². The maximum absolute atomic E-state index is 10.8. The molecule has 0 fully saturated rings. The highest BCUT2D eigenvalue weighted by molar-refractivity contribution is 5.94. The van der Waals surface area contributed by atoms with Crippen LogP contribution in [-0.4, -0.2) is 17.0 Å². The molecule has 0 spiro atoms. The van der Waals surface area contributed by atoms with E-state index in [1.54, 1.807) is 18.2 Å². The van der Waals surface area contributed by atoms with Crippen LogP contribution in [0.3, 0.4) is 0 Å². The summed E-state index contributed by atoms with van der Waals surface area (Å²) in [6.45, 7) is 0. The molecule has 0 N–H and O–H groups in total. The van der Waals surface area contributed by atoms with Crippen molar-refractivity contribution in [1.82, 2.24) is 4.98 Å². The molecule has 8 nitrogen and oxygen atoms in total. The van der Waals surface area contributed by atoms with Crippen LogP contribution in [0.4, 0.5) is 11.4 Å². The second-order valence-corrected chi connectivity index (χ2v) is 3.32. The van der Waals surface area contributed by atoms with Gasteiger partial charge in [0, 0.05) is 10.3 Å². The zero-order valence-electron chi connectivity index (χ0n) is 9.27. The Kier molecular flexibility index (Phi) is 2.94. The molecule has 90 valence electrons. The topological polar surface area (TPSA) is 114 Å². The van der Waals surface area contributed by atoms with E-state index in [-0.39, 0.29) is 11.4 Å². The summed E-state index contributed by atoms with van der Waals surface area (Å²) < 4.78 is 5.02. The molecule has 0 amide bonds. The molecule has 0 atom stereocenters. The van der Waals surface area contributed by atoms with Gasteiger partial charge in [0.1, 0.15) is 17.6 Å². The van der Waals surface area contributed by atoms with Crippen molar-refractivity contribution in [2.45, 2.75) is 0 Å². The molecule has 2 rings (SSSR count). The van der Waals surface area contributed by atoms with Crippen molar-refractivity contribution in [3.8, 4) is 5.75 Å². The molecule has 0 aliphatic heterocycles. The number of nitro groups is 1. The molecule has 1 heterocycles. The number of nitrogens with zero attached hydrogens (tertiary/aromatic N) is 5. The minimum Gasteiger partial charge on any atom is -0.497 e. The monoisotopic (exact) mass is 245 g/mol. The predicted molar refractivity (Wildman–Crippen MR) is 63.8 cm³/mol. The molecule has 0 saturated heterocycles. The van der Waals surface area contributed by atoms with Gasteiger partial charge < -0.3 is 4.74 Å². The number of rotatable bonds is 3. The lowest BCUT2D eigenvalue weighted by atomic mass is 10.1. The van der Waals surface area contributed by atoms with E-state index in [2.05, 4.69) is 15.0 Å². The lowest BCUT2D eigenvalue weighted by Crippen LogP contribution is -1.92. The van der Waals surface area contributed by atoms with Crippen molar-refractivity contribution in [1.29, 1.82) is 0 Å². The molecule has 0 unspecified atom stereocenters. The van der Waals surface area contributed by atoms with Crippen LogP contribution >= 0.6 is 0 Å². The van der Waals surface area contributed by atoms with Gasteiger partial charge >= 0.3 is 0 Å². The first-order valence-corrected chi connectivity index (χ1v) is 4.83. The highest BCUT2D eigenvalue weighted by atomic mass is 16.6. The van der Waals surface area contributed by atoms with Crippen LogP contribution in [0, 0.1) is 10.1 Å². The largest absolute Gasteiger partial charge is 0.497 e. The number of azide groups is 1. The van der Waals surface area contributed by atoms with Crippen LogP contribution in [0.15, 0.2) is 29.5 Å². The fourth-order valence-corrected chi connectivity index (χ4v) is 1.56. The Morgan fingerprint density at radius 2 is 2.33 bits per heavy atom. The second-order valence-electron chi connectivity index (χ2n) is 3.32. The molecule has 8 heteroatoms. The van der Waals surface area contributed by atoms with Gasteiger partial charge in [-0.05, 0) is 23.7 Å². The molecular weight excluding hydrogens is 238 g/mol.